The van der Waals surface area contributed by atoms with Crippen LogP contribution >= 0.6 is 15.9 Å². The molecule has 1 unspecified atom stereocenters. The molecule has 1 aromatic rings. The van der Waals surface area contributed by atoms with Crippen molar-refractivity contribution in [2.45, 2.75) is 20.0 Å². The fourth-order valence-corrected chi connectivity index (χ4v) is 1.54. The number of nitrogens with zero attached hydrogens (tertiary/aromatic N) is 1. The van der Waals surface area contributed by atoms with Gasteiger partial charge >= 0.3 is 0 Å². The SMILES string of the molecule is CC(CN)CCOCc1cncc(Br)c1. The second kappa shape index (κ2) is 6.93. The largest absolute Gasteiger partial charge is 0.377 e. The molecule has 0 amide bonds. The number of pyridine rings is 1. The van der Waals surface area contributed by atoms with Crippen molar-refractivity contribution in [3.63, 3.8) is 0 Å². The second-order valence-corrected chi connectivity index (χ2v) is 4.61. The highest BCUT2D eigenvalue weighted by molar-refractivity contribution is 9.10. The van der Waals surface area contributed by atoms with Gasteiger partial charge in [-0.15, -0.1) is 0 Å². The van der Waals surface area contributed by atoms with E-state index in [4.69, 9.17) is 10.5 Å². The first-order valence-corrected chi connectivity index (χ1v) is 5.89. The molecule has 1 atom stereocenters. The molecule has 0 saturated carbocycles. The molecule has 0 aromatic carbocycles. The van der Waals surface area contributed by atoms with Crippen LogP contribution in [0.3, 0.4) is 0 Å². The third kappa shape index (κ3) is 5.25. The molecule has 0 fully saturated rings. The maximum absolute atomic E-state index is 5.53. The van der Waals surface area contributed by atoms with Crippen molar-refractivity contribution >= 4 is 15.9 Å². The van der Waals surface area contributed by atoms with Crippen molar-refractivity contribution in [3.05, 3.63) is 28.5 Å². The van der Waals surface area contributed by atoms with Gasteiger partial charge in [0.2, 0.25) is 0 Å². The molecule has 0 bridgehead atoms. The Hall–Kier alpha value is -0.450. The van der Waals surface area contributed by atoms with Gasteiger partial charge in [-0.1, -0.05) is 6.92 Å². The Balaban J connectivity index is 2.20. The smallest absolute Gasteiger partial charge is 0.0732 e. The molecule has 0 radical (unpaired) electrons. The summed E-state index contributed by atoms with van der Waals surface area (Å²) < 4.78 is 6.52. The summed E-state index contributed by atoms with van der Waals surface area (Å²) in [6, 6.07) is 2.01. The molecule has 0 aliphatic rings. The summed E-state index contributed by atoms with van der Waals surface area (Å²) in [5.41, 5.74) is 6.60. The lowest BCUT2D eigenvalue weighted by Gasteiger charge is -2.08. The maximum atomic E-state index is 5.53. The second-order valence-electron chi connectivity index (χ2n) is 3.69. The first-order valence-electron chi connectivity index (χ1n) is 5.09. The molecule has 3 nitrogen and oxygen atoms in total. The number of ether oxygens (including phenoxy) is 1. The monoisotopic (exact) mass is 272 g/mol. The summed E-state index contributed by atoms with van der Waals surface area (Å²) in [6.45, 7) is 4.22. The van der Waals surface area contributed by atoms with Crippen molar-refractivity contribution in [3.8, 4) is 0 Å². The minimum absolute atomic E-state index is 0.533. The highest BCUT2D eigenvalue weighted by atomic mass is 79.9. The minimum atomic E-state index is 0.533. The van der Waals surface area contributed by atoms with Crippen LogP contribution in [0.15, 0.2) is 22.9 Å². The van der Waals surface area contributed by atoms with Gasteiger partial charge in [-0.25, -0.2) is 0 Å². The average Bonchev–Trinajstić information content (AvgIpc) is 2.24. The van der Waals surface area contributed by atoms with Crippen LogP contribution in [0.5, 0.6) is 0 Å². The first kappa shape index (κ1) is 12.6. The van der Waals surface area contributed by atoms with E-state index in [1.807, 2.05) is 12.3 Å². The third-order valence-corrected chi connectivity index (χ3v) is 2.62. The standard InChI is InChI=1S/C11H17BrN2O/c1-9(5-13)2-3-15-8-10-4-11(12)7-14-6-10/h4,6-7,9H,2-3,5,8,13H2,1H3. The van der Waals surface area contributed by atoms with Gasteiger partial charge in [0.1, 0.15) is 0 Å². The highest BCUT2D eigenvalue weighted by Gasteiger charge is 1.99. The molecule has 4 heteroatoms. The zero-order valence-corrected chi connectivity index (χ0v) is 10.5. The summed E-state index contributed by atoms with van der Waals surface area (Å²) in [4.78, 5) is 4.07. The fraction of sp³-hybridized carbons (Fsp3) is 0.545. The van der Waals surface area contributed by atoms with Gasteiger partial charge in [-0.2, -0.15) is 0 Å². The van der Waals surface area contributed by atoms with Crippen molar-refractivity contribution < 1.29 is 4.74 Å². The van der Waals surface area contributed by atoms with Crippen LogP contribution in [0.1, 0.15) is 18.9 Å². The molecule has 1 rings (SSSR count). The lowest BCUT2D eigenvalue weighted by molar-refractivity contribution is 0.109. The van der Waals surface area contributed by atoms with E-state index in [-0.39, 0.29) is 0 Å². The summed E-state index contributed by atoms with van der Waals surface area (Å²) in [5, 5.41) is 0. The molecule has 0 saturated heterocycles. The normalized spacial score (nSPS) is 12.7. The van der Waals surface area contributed by atoms with Crippen LogP contribution in [0, 0.1) is 5.92 Å². The number of rotatable bonds is 6. The molecule has 0 aliphatic heterocycles. The third-order valence-electron chi connectivity index (χ3n) is 2.19. The van der Waals surface area contributed by atoms with Crippen molar-refractivity contribution in [1.29, 1.82) is 0 Å². The Morgan fingerprint density at radius 1 is 1.53 bits per heavy atom. The van der Waals surface area contributed by atoms with E-state index in [9.17, 15) is 0 Å². The van der Waals surface area contributed by atoms with Crippen LogP contribution in [0.4, 0.5) is 0 Å². The zero-order valence-electron chi connectivity index (χ0n) is 8.95. The van der Waals surface area contributed by atoms with Gasteiger partial charge < -0.3 is 10.5 Å². The first-order chi connectivity index (χ1) is 7.22. The Bertz CT molecular complexity index is 294. The van der Waals surface area contributed by atoms with Crippen molar-refractivity contribution in [2.75, 3.05) is 13.2 Å². The van der Waals surface area contributed by atoms with E-state index in [2.05, 4.69) is 27.8 Å². The van der Waals surface area contributed by atoms with Crippen LogP contribution in [0.25, 0.3) is 0 Å². The topological polar surface area (TPSA) is 48.1 Å². The molecule has 1 heterocycles. The predicted molar refractivity (Wildman–Crippen MR) is 64.4 cm³/mol. The van der Waals surface area contributed by atoms with Gasteiger partial charge in [-0.05, 0) is 46.4 Å². The van der Waals surface area contributed by atoms with E-state index in [0.29, 0.717) is 12.5 Å². The summed E-state index contributed by atoms with van der Waals surface area (Å²) in [6.07, 6.45) is 4.59. The molecular weight excluding hydrogens is 256 g/mol. The molecule has 84 valence electrons. The van der Waals surface area contributed by atoms with Crippen LogP contribution in [0.2, 0.25) is 0 Å². The number of hydrogen-bond acceptors (Lipinski definition) is 3. The van der Waals surface area contributed by atoms with E-state index in [0.717, 1.165) is 29.6 Å². The maximum Gasteiger partial charge on any atom is 0.0732 e. The zero-order chi connectivity index (χ0) is 11.1. The number of hydrogen-bond donors (Lipinski definition) is 1. The van der Waals surface area contributed by atoms with Crippen molar-refractivity contribution in [2.24, 2.45) is 11.7 Å². The van der Waals surface area contributed by atoms with E-state index in [1.54, 1.807) is 6.20 Å². The number of aromatic nitrogens is 1. The van der Waals surface area contributed by atoms with Gasteiger partial charge in [-0.3, -0.25) is 4.98 Å². The Kier molecular flexibility index (Phi) is 5.83. The van der Waals surface area contributed by atoms with E-state index < -0.39 is 0 Å². The molecule has 15 heavy (non-hydrogen) atoms. The van der Waals surface area contributed by atoms with Gasteiger partial charge in [0, 0.05) is 23.5 Å². The van der Waals surface area contributed by atoms with E-state index in [1.165, 1.54) is 0 Å². The van der Waals surface area contributed by atoms with Gasteiger partial charge in [0.25, 0.3) is 0 Å². The Morgan fingerprint density at radius 3 is 3.00 bits per heavy atom. The number of halogens is 1. The fourth-order valence-electron chi connectivity index (χ4n) is 1.13. The molecule has 0 aliphatic carbocycles. The summed E-state index contributed by atoms with van der Waals surface area (Å²) in [5.74, 6) is 0.533. The van der Waals surface area contributed by atoms with Crippen LogP contribution in [-0.2, 0) is 11.3 Å². The van der Waals surface area contributed by atoms with Crippen LogP contribution in [-0.4, -0.2) is 18.1 Å². The lowest BCUT2D eigenvalue weighted by Crippen LogP contribution is -2.12. The highest BCUT2D eigenvalue weighted by Crippen LogP contribution is 2.10. The average molecular weight is 273 g/mol. The lowest BCUT2D eigenvalue weighted by atomic mass is 10.1. The molecule has 2 N–H and O–H groups in total. The molecular formula is C11H17BrN2O. The van der Waals surface area contributed by atoms with Gasteiger partial charge in [0.15, 0.2) is 0 Å². The minimum Gasteiger partial charge on any atom is -0.377 e. The summed E-state index contributed by atoms with van der Waals surface area (Å²) in [7, 11) is 0. The Labute approximate surface area is 99.2 Å². The number of nitrogens with two attached hydrogens (primary N) is 1. The molecule has 0 spiro atoms. The predicted octanol–water partition coefficient (Wildman–Crippen LogP) is 2.35. The molecule has 1 aromatic heterocycles. The summed E-state index contributed by atoms with van der Waals surface area (Å²) >= 11 is 3.37. The Morgan fingerprint density at radius 2 is 2.33 bits per heavy atom. The quantitative estimate of drug-likeness (QED) is 0.809. The van der Waals surface area contributed by atoms with E-state index >= 15 is 0 Å². The van der Waals surface area contributed by atoms with Crippen LogP contribution < -0.4 is 5.73 Å². The van der Waals surface area contributed by atoms with Crippen molar-refractivity contribution in [1.82, 2.24) is 4.98 Å². The van der Waals surface area contributed by atoms with Gasteiger partial charge in [0.05, 0.1) is 6.61 Å².